The highest BCUT2D eigenvalue weighted by Gasteiger charge is 2.14. The van der Waals surface area contributed by atoms with Crippen LogP contribution in [0.25, 0.3) is 0 Å². The Morgan fingerprint density at radius 1 is 1.42 bits per heavy atom. The number of unbranched alkanes of at least 4 members (excludes halogenated alkanes) is 1. The molecule has 1 aromatic rings. The van der Waals surface area contributed by atoms with Crippen LogP contribution >= 0.6 is 0 Å². The van der Waals surface area contributed by atoms with Crippen molar-refractivity contribution in [3.63, 3.8) is 0 Å². The predicted molar refractivity (Wildman–Crippen MR) is 78.6 cm³/mol. The molecular formula is C16H25NO2. The summed E-state index contributed by atoms with van der Waals surface area (Å²) in [6, 6.07) is 7.94. The second kappa shape index (κ2) is 7.82. The SMILES string of the molecule is CCCCN(C)C(=O)CC(C)c1cccc(OC)c1. The maximum atomic E-state index is 12.1. The third-order valence-electron chi connectivity index (χ3n) is 3.42. The van der Waals surface area contributed by atoms with Crippen molar-refractivity contribution >= 4 is 5.91 Å². The topological polar surface area (TPSA) is 29.5 Å². The van der Waals surface area contributed by atoms with Gasteiger partial charge in [-0.15, -0.1) is 0 Å². The zero-order valence-corrected chi connectivity index (χ0v) is 12.5. The lowest BCUT2D eigenvalue weighted by molar-refractivity contribution is -0.130. The minimum atomic E-state index is 0.212. The molecule has 3 heteroatoms. The van der Waals surface area contributed by atoms with Crippen molar-refractivity contribution < 1.29 is 9.53 Å². The van der Waals surface area contributed by atoms with Gasteiger partial charge in [0, 0.05) is 20.0 Å². The summed E-state index contributed by atoms with van der Waals surface area (Å²) < 4.78 is 5.22. The first-order valence-electron chi connectivity index (χ1n) is 6.96. The van der Waals surface area contributed by atoms with Crippen LogP contribution in [-0.2, 0) is 4.79 Å². The fourth-order valence-electron chi connectivity index (χ4n) is 2.00. The van der Waals surface area contributed by atoms with Crippen molar-refractivity contribution in [2.75, 3.05) is 20.7 Å². The van der Waals surface area contributed by atoms with Crippen LogP contribution in [0.5, 0.6) is 5.75 Å². The summed E-state index contributed by atoms with van der Waals surface area (Å²) in [5.74, 6) is 1.27. The molecule has 1 atom stereocenters. The van der Waals surface area contributed by atoms with E-state index in [4.69, 9.17) is 4.74 Å². The molecule has 0 radical (unpaired) electrons. The van der Waals surface area contributed by atoms with Crippen molar-refractivity contribution in [2.24, 2.45) is 0 Å². The molecule has 0 saturated heterocycles. The highest BCUT2D eigenvalue weighted by Crippen LogP contribution is 2.23. The maximum Gasteiger partial charge on any atom is 0.222 e. The summed E-state index contributed by atoms with van der Waals surface area (Å²) in [6.07, 6.45) is 2.73. The third-order valence-corrected chi connectivity index (χ3v) is 3.42. The van der Waals surface area contributed by atoms with E-state index in [1.807, 2.05) is 36.2 Å². The predicted octanol–water partition coefficient (Wildman–Crippen LogP) is 3.45. The lowest BCUT2D eigenvalue weighted by Gasteiger charge is -2.19. The first-order valence-corrected chi connectivity index (χ1v) is 6.96. The number of carbonyl (C=O) groups excluding carboxylic acids is 1. The Hall–Kier alpha value is -1.51. The largest absolute Gasteiger partial charge is 0.497 e. The van der Waals surface area contributed by atoms with Crippen molar-refractivity contribution in [1.29, 1.82) is 0 Å². The van der Waals surface area contributed by atoms with Gasteiger partial charge in [0.25, 0.3) is 0 Å². The highest BCUT2D eigenvalue weighted by molar-refractivity contribution is 5.76. The first kappa shape index (κ1) is 15.5. The molecule has 1 amide bonds. The number of hydrogen-bond donors (Lipinski definition) is 0. The van der Waals surface area contributed by atoms with E-state index in [0.29, 0.717) is 6.42 Å². The van der Waals surface area contributed by atoms with Crippen LogP contribution in [0.4, 0.5) is 0 Å². The molecule has 3 nitrogen and oxygen atoms in total. The zero-order valence-electron chi connectivity index (χ0n) is 12.5. The molecular weight excluding hydrogens is 238 g/mol. The number of benzene rings is 1. The monoisotopic (exact) mass is 263 g/mol. The van der Waals surface area contributed by atoms with E-state index in [2.05, 4.69) is 13.8 Å². The van der Waals surface area contributed by atoms with E-state index < -0.39 is 0 Å². The lowest BCUT2D eigenvalue weighted by Crippen LogP contribution is -2.28. The highest BCUT2D eigenvalue weighted by atomic mass is 16.5. The molecule has 0 aliphatic rings. The molecule has 0 bridgehead atoms. The van der Waals surface area contributed by atoms with Gasteiger partial charge < -0.3 is 9.64 Å². The minimum absolute atomic E-state index is 0.212. The summed E-state index contributed by atoms with van der Waals surface area (Å²) in [4.78, 5) is 13.9. The van der Waals surface area contributed by atoms with Gasteiger partial charge >= 0.3 is 0 Å². The van der Waals surface area contributed by atoms with Gasteiger partial charge in [-0.25, -0.2) is 0 Å². The van der Waals surface area contributed by atoms with E-state index >= 15 is 0 Å². The standard InChI is InChI=1S/C16H25NO2/c1-5-6-10-17(3)16(18)11-13(2)14-8-7-9-15(12-14)19-4/h7-9,12-13H,5-6,10-11H2,1-4H3. The van der Waals surface area contributed by atoms with Crippen molar-refractivity contribution in [3.05, 3.63) is 29.8 Å². The Labute approximate surface area is 116 Å². The first-order chi connectivity index (χ1) is 9.08. The van der Waals surface area contributed by atoms with E-state index in [1.165, 1.54) is 0 Å². The summed E-state index contributed by atoms with van der Waals surface area (Å²) in [5.41, 5.74) is 1.15. The van der Waals surface area contributed by atoms with Gasteiger partial charge in [0.1, 0.15) is 5.75 Å². The number of hydrogen-bond acceptors (Lipinski definition) is 2. The second-order valence-electron chi connectivity index (χ2n) is 5.05. The summed E-state index contributed by atoms with van der Waals surface area (Å²) >= 11 is 0. The molecule has 19 heavy (non-hydrogen) atoms. The Bertz CT molecular complexity index is 403. The van der Waals surface area contributed by atoms with Gasteiger partial charge in [-0.3, -0.25) is 4.79 Å². The van der Waals surface area contributed by atoms with Crippen molar-refractivity contribution in [3.8, 4) is 5.75 Å². The van der Waals surface area contributed by atoms with Crippen LogP contribution in [0.1, 0.15) is 44.6 Å². The molecule has 0 aliphatic heterocycles. The lowest BCUT2D eigenvalue weighted by atomic mass is 9.97. The molecule has 106 valence electrons. The fourth-order valence-corrected chi connectivity index (χ4v) is 2.00. The average Bonchev–Trinajstić information content (AvgIpc) is 2.44. The molecule has 0 spiro atoms. The van der Waals surface area contributed by atoms with E-state index in [9.17, 15) is 4.79 Å². The van der Waals surface area contributed by atoms with Crippen molar-refractivity contribution in [2.45, 2.75) is 39.0 Å². The quantitative estimate of drug-likeness (QED) is 0.754. The summed E-state index contributed by atoms with van der Waals surface area (Å²) in [5, 5.41) is 0. The van der Waals surface area contributed by atoms with E-state index in [1.54, 1.807) is 7.11 Å². The zero-order chi connectivity index (χ0) is 14.3. The molecule has 1 aromatic carbocycles. The molecule has 0 N–H and O–H groups in total. The Kier molecular flexibility index (Phi) is 6.40. The smallest absolute Gasteiger partial charge is 0.222 e. The van der Waals surface area contributed by atoms with Crippen LogP contribution < -0.4 is 4.74 Å². The number of nitrogens with zero attached hydrogens (tertiary/aromatic N) is 1. The van der Waals surface area contributed by atoms with Crippen LogP contribution in [0.15, 0.2) is 24.3 Å². The van der Waals surface area contributed by atoms with Crippen LogP contribution in [0, 0.1) is 0 Å². The van der Waals surface area contributed by atoms with Crippen molar-refractivity contribution in [1.82, 2.24) is 4.90 Å². The Morgan fingerprint density at radius 2 is 2.16 bits per heavy atom. The van der Waals surface area contributed by atoms with Gasteiger partial charge in [0.05, 0.1) is 7.11 Å². The van der Waals surface area contributed by atoms with Gasteiger partial charge in [-0.2, -0.15) is 0 Å². The number of ether oxygens (including phenoxy) is 1. The van der Waals surface area contributed by atoms with E-state index in [-0.39, 0.29) is 11.8 Å². The Balaban J connectivity index is 2.58. The molecule has 0 heterocycles. The van der Waals surface area contributed by atoms with Gasteiger partial charge in [0.2, 0.25) is 5.91 Å². The normalized spacial score (nSPS) is 12.0. The van der Waals surface area contributed by atoms with Crippen LogP contribution in [0.3, 0.4) is 0 Å². The maximum absolute atomic E-state index is 12.1. The second-order valence-corrected chi connectivity index (χ2v) is 5.05. The molecule has 1 unspecified atom stereocenters. The van der Waals surface area contributed by atoms with Crippen LogP contribution in [0.2, 0.25) is 0 Å². The van der Waals surface area contributed by atoms with E-state index in [0.717, 1.165) is 30.7 Å². The number of rotatable bonds is 7. The third kappa shape index (κ3) is 4.93. The van der Waals surface area contributed by atoms with Gasteiger partial charge in [0.15, 0.2) is 0 Å². The summed E-state index contributed by atoms with van der Waals surface area (Å²) in [6.45, 7) is 5.07. The number of carbonyl (C=O) groups is 1. The average molecular weight is 263 g/mol. The fraction of sp³-hybridized carbons (Fsp3) is 0.562. The molecule has 0 fully saturated rings. The molecule has 0 aromatic heterocycles. The molecule has 0 aliphatic carbocycles. The van der Waals surface area contributed by atoms with Gasteiger partial charge in [-0.1, -0.05) is 32.4 Å². The molecule has 1 rings (SSSR count). The number of amides is 1. The summed E-state index contributed by atoms with van der Waals surface area (Å²) in [7, 11) is 3.55. The molecule has 0 saturated carbocycles. The number of methoxy groups -OCH3 is 1. The van der Waals surface area contributed by atoms with Gasteiger partial charge in [-0.05, 0) is 30.0 Å². The minimum Gasteiger partial charge on any atom is -0.497 e. The van der Waals surface area contributed by atoms with Crippen LogP contribution in [-0.4, -0.2) is 31.5 Å². The Morgan fingerprint density at radius 3 is 2.79 bits per heavy atom.